The predicted molar refractivity (Wildman–Crippen MR) is 102 cm³/mol. The first-order chi connectivity index (χ1) is 12.2. The molecule has 0 atom stereocenters. The molecule has 1 fully saturated rings. The van der Waals surface area contributed by atoms with Gasteiger partial charge < -0.3 is 10.2 Å². The predicted octanol–water partition coefficient (Wildman–Crippen LogP) is 4.09. The lowest BCUT2D eigenvalue weighted by atomic mass is 10.1. The molecule has 2 heterocycles. The van der Waals surface area contributed by atoms with Gasteiger partial charge in [0, 0.05) is 30.9 Å². The minimum absolute atomic E-state index is 0.0776. The van der Waals surface area contributed by atoms with Crippen molar-refractivity contribution in [2.45, 2.75) is 32.1 Å². The number of carbonyl (C=O) groups excluding carboxylic acids is 1. The molecule has 1 aromatic carbocycles. The van der Waals surface area contributed by atoms with E-state index in [1.165, 1.54) is 25.7 Å². The fourth-order valence-electron chi connectivity index (χ4n) is 3.17. The average Bonchev–Trinajstić information content (AvgIpc) is 2.91. The summed E-state index contributed by atoms with van der Waals surface area (Å²) in [5, 5.41) is 3.69. The normalized spacial score (nSPS) is 14.8. The van der Waals surface area contributed by atoms with E-state index in [-0.39, 0.29) is 5.91 Å². The van der Waals surface area contributed by atoms with Gasteiger partial charge in [0.1, 0.15) is 0 Å². The molecule has 0 radical (unpaired) electrons. The van der Waals surface area contributed by atoms with E-state index in [1.807, 2.05) is 36.5 Å². The van der Waals surface area contributed by atoms with Crippen molar-refractivity contribution >= 4 is 23.2 Å². The Balaban J connectivity index is 1.57. The van der Waals surface area contributed by atoms with E-state index >= 15 is 0 Å². The summed E-state index contributed by atoms with van der Waals surface area (Å²) in [4.78, 5) is 19.0. The highest BCUT2D eigenvalue weighted by atomic mass is 35.5. The van der Waals surface area contributed by atoms with Crippen molar-refractivity contribution in [1.82, 2.24) is 10.3 Å². The van der Waals surface area contributed by atoms with Gasteiger partial charge in [-0.2, -0.15) is 0 Å². The Morgan fingerprint density at radius 3 is 2.68 bits per heavy atom. The first-order valence-electron chi connectivity index (χ1n) is 8.95. The molecule has 1 aliphatic rings. The molecule has 1 amide bonds. The molecule has 3 rings (SSSR count). The van der Waals surface area contributed by atoms with Crippen LogP contribution in [0.1, 0.15) is 41.6 Å². The zero-order valence-electron chi connectivity index (χ0n) is 14.4. The number of pyridine rings is 1. The van der Waals surface area contributed by atoms with Crippen molar-refractivity contribution in [2.75, 3.05) is 24.5 Å². The van der Waals surface area contributed by atoms with E-state index < -0.39 is 0 Å². The van der Waals surface area contributed by atoms with Gasteiger partial charge in [-0.3, -0.25) is 9.78 Å². The van der Waals surface area contributed by atoms with Crippen molar-refractivity contribution in [3.63, 3.8) is 0 Å². The lowest BCUT2D eigenvalue weighted by Crippen LogP contribution is -2.27. The van der Waals surface area contributed by atoms with Crippen LogP contribution in [-0.2, 0) is 6.42 Å². The van der Waals surface area contributed by atoms with Crippen LogP contribution >= 0.6 is 11.6 Å². The highest BCUT2D eigenvalue weighted by Crippen LogP contribution is 2.19. The third kappa shape index (κ3) is 5.20. The van der Waals surface area contributed by atoms with Gasteiger partial charge in [0.2, 0.25) is 0 Å². The molecule has 1 saturated heterocycles. The van der Waals surface area contributed by atoms with E-state index in [4.69, 9.17) is 11.6 Å². The standard InChI is InChI=1S/C20H24ClN3O/c21-18-7-5-6-16(12-18)8-9-23-20(25)17-13-19(15-22-14-17)24-10-3-1-2-4-11-24/h5-7,12-15H,1-4,8-11H2,(H,23,25). The minimum Gasteiger partial charge on any atom is -0.370 e. The van der Waals surface area contributed by atoms with Crippen LogP contribution in [-0.4, -0.2) is 30.5 Å². The van der Waals surface area contributed by atoms with Gasteiger partial charge in [-0.25, -0.2) is 0 Å². The van der Waals surface area contributed by atoms with Crippen LogP contribution in [0.5, 0.6) is 0 Å². The molecule has 0 aliphatic carbocycles. The topological polar surface area (TPSA) is 45.2 Å². The number of carbonyl (C=O) groups is 1. The number of amides is 1. The lowest BCUT2D eigenvalue weighted by Gasteiger charge is -2.22. The van der Waals surface area contributed by atoms with Crippen LogP contribution in [0.4, 0.5) is 5.69 Å². The van der Waals surface area contributed by atoms with Crippen molar-refractivity contribution in [3.8, 4) is 0 Å². The molecule has 132 valence electrons. The average molecular weight is 358 g/mol. The number of anilines is 1. The Kier molecular flexibility index (Phi) is 6.29. The molecule has 0 unspecified atom stereocenters. The summed E-state index contributed by atoms with van der Waals surface area (Å²) in [6.45, 7) is 2.66. The van der Waals surface area contributed by atoms with Gasteiger partial charge in [0.15, 0.2) is 0 Å². The second-order valence-electron chi connectivity index (χ2n) is 6.47. The SMILES string of the molecule is O=C(NCCc1cccc(Cl)c1)c1cncc(N2CCCCCC2)c1. The van der Waals surface area contributed by atoms with Crippen molar-refractivity contribution < 1.29 is 4.79 Å². The Hall–Kier alpha value is -2.07. The van der Waals surface area contributed by atoms with Gasteiger partial charge in [-0.1, -0.05) is 36.6 Å². The van der Waals surface area contributed by atoms with Gasteiger partial charge in [-0.05, 0) is 43.0 Å². The van der Waals surface area contributed by atoms with Gasteiger partial charge in [-0.15, -0.1) is 0 Å². The second kappa shape index (κ2) is 8.86. The number of aromatic nitrogens is 1. The molecule has 0 bridgehead atoms. The summed E-state index contributed by atoms with van der Waals surface area (Å²) in [5.41, 5.74) is 2.78. The van der Waals surface area contributed by atoms with Crippen LogP contribution in [0.25, 0.3) is 0 Å². The molecule has 1 aliphatic heterocycles. The molecule has 5 heteroatoms. The van der Waals surface area contributed by atoms with Crippen molar-refractivity contribution in [1.29, 1.82) is 0 Å². The number of hydrogen-bond donors (Lipinski definition) is 1. The Bertz CT molecular complexity index is 712. The first kappa shape index (κ1) is 17.7. The maximum Gasteiger partial charge on any atom is 0.252 e. The monoisotopic (exact) mass is 357 g/mol. The number of nitrogens with one attached hydrogen (secondary N) is 1. The van der Waals surface area contributed by atoms with Crippen LogP contribution in [0, 0.1) is 0 Å². The molecular weight excluding hydrogens is 334 g/mol. The van der Waals surface area contributed by atoms with E-state index in [2.05, 4.69) is 15.2 Å². The van der Waals surface area contributed by atoms with E-state index in [9.17, 15) is 4.79 Å². The largest absolute Gasteiger partial charge is 0.370 e. The zero-order valence-corrected chi connectivity index (χ0v) is 15.1. The number of rotatable bonds is 5. The smallest absolute Gasteiger partial charge is 0.252 e. The first-order valence-corrected chi connectivity index (χ1v) is 9.33. The zero-order chi connectivity index (χ0) is 17.5. The third-order valence-electron chi connectivity index (χ3n) is 4.55. The van der Waals surface area contributed by atoms with Gasteiger partial charge in [0.25, 0.3) is 5.91 Å². The number of hydrogen-bond acceptors (Lipinski definition) is 3. The van der Waals surface area contributed by atoms with E-state index in [0.717, 1.165) is 35.8 Å². The summed E-state index contributed by atoms with van der Waals surface area (Å²) < 4.78 is 0. The summed E-state index contributed by atoms with van der Waals surface area (Å²) in [6, 6.07) is 9.67. The van der Waals surface area contributed by atoms with Crippen LogP contribution in [0.15, 0.2) is 42.7 Å². The minimum atomic E-state index is -0.0776. The highest BCUT2D eigenvalue weighted by molar-refractivity contribution is 6.30. The highest BCUT2D eigenvalue weighted by Gasteiger charge is 2.13. The molecule has 25 heavy (non-hydrogen) atoms. The maximum atomic E-state index is 12.4. The quantitative estimate of drug-likeness (QED) is 0.876. The summed E-state index contributed by atoms with van der Waals surface area (Å²) in [6.07, 6.45) is 9.23. The Morgan fingerprint density at radius 1 is 1.12 bits per heavy atom. The Labute approximate surface area is 154 Å². The number of nitrogens with zero attached hydrogens (tertiary/aromatic N) is 2. The summed E-state index contributed by atoms with van der Waals surface area (Å²) >= 11 is 5.98. The molecule has 0 spiro atoms. The van der Waals surface area contributed by atoms with Crippen molar-refractivity contribution in [2.24, 2.45) is 0 Å². The van der Waals surface area contributed by atoms with Crippen molar-refractivity contribution in [3.05, 3.63) is 58.9 Å². The summed E-state index contributed by atoms with van der Waals surface area (Å²) in [5.74, 6) is -0.0776. The number of halogens is 1. The Morgan fingerprint density at radius 2 is 1.92 bits per heavy atom. The van der Waals surface area contributed by atoms with Gasteiger partial charge >= 0.3 is 0 Å². The molecule has 4 nitrogen and oxygen atoms in total. The second-order valence-corrected chi connectivity index (χ2v) is 6.91. The third-order valence-corrected chi connectivity index (χ3v) is 4.78. The fraction of sp³-hybridized carbons (Fsp3) is 0.400. The van der Waals surface area contributed by atoms with E-state index in [1.54, 1.807) is 6.20 Å². The molecule has 1 N–H and O–H groups in total. The molecule has 0 saturated carbocycles. The summed E-state index contributed by atoms with van der Waals surface area (Å²) in [7, 11) is 0. The van der Waals surface area contributed by atoms with Crippen LogP contribution in [0.2, 0.25) is 5.02 Å². The van der Waals surface area contributed by atoms with Crippen LogP contribution < -0.4 is 10.2 Å². The lowest BCUT2D eigenvalue weighted by molar-refractivity contribution is 0.0954. The number of benzene rings is 1. The maximum absolute atomic E-state index is 12.4. The molecule has 2 aromatic rings. The van der Waals surface area contributed by atoms with E-state index in [0.29, 0.717) is 12.1 Å². The molecular formula is C20H24ClN3O. The van der Waals surface area contributed by atoms with Crippen LogP contribution in [0.3, 0.4) is 0 Å². The fourth-order valence-corrected chi connectivity index (χ4v) is 3.38. The molecule has 1 aromatic heterocycles. The van der Waals surface area contributed by atoms with Gasteiger partial charge in [0.05, 0.1) is 17.4 Å².